The van der Waals surface area contributed by atoms with Crippen molar-refractivity contribution in [3.63, 3.8) is 0 Å². The summed E-state index contributed by atoms with van der Waals surface area (Å²) in [6, 6.07) is 21.3. The van der Waals surface area contributed by atoms with Gasteiger partial charge in [0.05, 0.1) is 39.4 Å². The normalized spacial score (nSPS) is 15.2. The molecule has 3 aromatic rings. The first-order chi connectivity index (χ1) is 17.9. The number of carbonyl (C=O) groups excluding carboxylic acids is 2. The van der Waals surface area contributed by atoms with E-state index in [0.29, 0.717) is 44.3 Å². The van der Waals surface area contributed by atoms with E-state index in [1.54, 1.807) is 68.6 Å². The molecule has 0 aliphatic carbocycles. The third-order valence-corrected chi connectivity index (χ3v) is 6.74. The van der Waals surface area contributed by atoms with E-state index in [4.69, 9.17) is 21.1 Å². The fourth-order valence-electron chi connectivity index (χ4n) is 3.43. The number of nitriles is 1. The molecule has 0 N–H and O–H groups in total. The summed E-state index contributed by atoms with van der Waals surface area (Å²) in [5.74, 6) is -0.0967. The number of halogens is 1. The maximum Gasteiger partial charge on any atom is 0.338 e. The summed E-state index contributed by atoms with van der Waals surface area (Å²) in [6.07, 6.45) is 1.75. The van der Waals surface area contributed by atoms with Gasteiger partial charge < -0.3 is 9.47 Å². The molecular formula is C28H22ClN3O4S. The molecule has 0 radical (unpaired) electrons. The number of esters is 1. The zero-order chi connectivity index (χ0) is 26.4. The lowest BCUT2D eigenvalue weighted by atomic mass is 10.1. The number of benzene rings is 3. The first-order valence-corrected chi connectivity index (χ1v) is 12.5. The lowest BCUT2D eigenvalue weighted by molar-refractivity contribution is -0.121. The van der Waals surface area contributed by atoms with Gasteiger partial charge in [0.2, 0.25) is 0 Å². The van der Waals surface area contributed by atoms with Crippen molar-refractivity contribution in [2.75, 3.05) is 13.7 Å². The van der Waals surface area contributed by atoms with E-state index >= 15 is 0 Å². The second-order valence-electron chi connectivity index (χ2n) is 7.88. The average molecular weight is 532 g/mol. The molecule has 0 atom stereocenters. The zero-order valence-electron chi connectivity index (χ0n) is 20.1. The number of likely N-dealkylation sites (N-methyl/N-ethyl adjacent to an activating group) is 1. The van der Waals surface area contributed by atoms with Crippen molar-refractivity contribution in [3.05, 3.63) is 98.9 Å². The van der Waals surface area contributed by atoms with E-state index in [1.165, 1.54) is 16.7 Å². The molecule has 0 unspecified atom stereocenters. The lowest BCUT2D eigenvalue weighted by Crippen LogP contribution is -2.23. The molecule has 0 bridgehead atoms. The van der Waals surface area contributed by atoms with Gasteiger partial charge in [-0.2, -0.15) is 5.26 Å². The van der Waals surface area contributed by atoms with Crippen LogP contribution in [0.15, 0.2) is 76.6 Å². The number of hydrogen-bond donors (Lipinski definition) is 0. The fourth-order valence-corrected chi connectivity index (χ4v) is 4.66. The number of thioether (sulfide) groups is 1. The Morgan fingerprint density at radius 2 is 1.92 bits per heavy atom. The lowest BCUT2D eigenvalue weighted by Gasteiger charge is -2.10. The van der Waals surface area contributed by atoms with Crippen LogP contribution in [0.5, 0.6) is 5.75 Å². The van der Waals surface area contributed by atoms with Gasteiger partial charge in [0.25, 0.3) is 5.91 Å². The minimum Gasteiger partial charge on any atom is -0.487 e. The molecule has 1 aliphatic heterocycles. The van der Waals surface area contributed by atoms with Crippen LogP contribution in [0.4, 0.5) is 5.69 Å². The number of nitrogens with zero attached hydrogens (tertiary/aromatic N) is 3. The van der Waals surface area contributed by atoms with Crippen molar-refractivity contribution < 1.29 is 19.1 Å². The van der Waals surface area contributed by atoms with Gasteiger partial charge >= 0.3 is 5.97 Å². The largest absolute Gasteiger partial charge is 0.487 e. The molecule has 1 heterocycles. The number of aliphatic imine (C=N–C) groups is 1. The van der Waals surface area contributed by atoms with Crippen molar-refractivity contribution in [2.45, 2.75) is 13.5 Å². The van der Waals surface area contributed by atoms with Crippen molar-refractivity contribution in [1.82, 2.24) is 4.90 Å². The highest BCUT2D eigenvalue weighted by Gasteiger charge is 2.30. The number of amidine groups is 1. The quantitative estimate of drug-likeness (QED) is 0.266. The first-order valence-electron chi connectivity index (χ1n) is 11.3. The van der Waals surface area contributed by atoms with Crippen LogP contribution in [-0.4, -0.2) is 35.6 Å². The molecule has 1 saturated heterocycles. The van der Waals surface area contributed by atoms with Crippen LogP contribution >= 0.6 is 23.4 Å². The van der Waals surface area contributed by atoms with Crippen LogP contribution in [0, 0.1) is 11.3 Å². The van der Waals surface area contributed by atoms with Gasteiger partial charge in [0.1, 0.15) is 12.4 Å². The number of carbonyl (C=O) groups is 2. The first kappa shape index (κ1) is 26.0. The predicted molar refractivity (Wildman–Crippen MR) is 145 cm³/mol. The third kappa shape index (κ3) is 6.20. The number of hydrogen-bond acceptors (Lipinski definition) is 7. The van der Waals surface area contributed by atoms with E-state index in [1.807, 2.05) is 18.2 Å². The summed E-state index contributed by atoms with van der Waals surface area (Å²) in [4.78, 5) is 31.2. The van der Waals surface area contributed by atoms with E-state index in [2.05, 4.69) is 11.1 Å². The Kier molecular flexibility index (Phi) is 8.29. The highest BCUT2D eigenvalue weighted by atomic mass is 35.5. The SMILES string of the molecule is CCOC(=O)c1ccc(N=C2SC(=Cc3ccc(OCc4ccccc4C#N)c(Cl)c3)C(=O)N2C)cc1. The highest BCUT2D eigenvalue weighted by Crippen LogP contribution is 2.34. The van der Waals surface area contributed by atoms with Gasteiger partial charge in [-0.25, -0.2) is 9.79 Å². The van der Waals surface area contributed by atoms with Crippen molar-refractivity contribution in [2.24, 2.45) is 4.99 Å². The molecule has 4 rings (SSSR count). The van der Waals surface area contributed by atoms with E-state index in [-0.39, 0.29) is 12.5 Å². The van der Waals surface area contributed by atoms with Crippen LogP contribution in [0.1, 0.15) is 34.0 Å². The summed E-state index contributed by atoms with van der Waals surface area (Å²) in [5, 5.41) is 10.1. The summed E-state index contributed by atoms with van der Waals surface area (Å²) >= 11 is 7.68. The van der Waals surface area contributed by atoms with Gasteiger partial charge in [-0.3, -0.25) is 9.69 Å². The Labute approximate surface area is 224 Å². The summed E-state index contributed by atoms with van der Waals surface area (Å²) in [5.41, 5.74) is 3.10. The number of ether oxygens (including phenoxy) is 2. The topological polar surface area (TPSA) is 92.0 Å². The van der Waals surface area contributed by atoms with Gasteiger partial charge in [-0.1, -0.05) is 35.9 Å². The van der Waals surface area contributed by atoms with Gasteiger partial charge in [0.15, 0.2) is 5.17 Å². The molecular weight excluding hydrogens is 510 g/mol. The maximum absolute atomic E-state index is 12.8. The Morgan fingerprint density at radius 1 is 1.16 bits per heavy atom. The Balaban J connectivity index is 1.47. The number of amides is 1. The van der Waals surface area contributed by atoms with Crippen LogP contribution in [-0.2, 0) is 16.1 Å². The Bertz CT molecular complexity index is 1440. The van der Waals surface area contributed by atoms with Crippen molar-refractivity contribution in [1.29, 1.82) is 5.26 Å². The van der Waals surface area contributed by atoms with E-state index in [9.17, 15) is 14.9 Å². The average Bonchev–Trinajstić information content (AvgIpc) is 3.16. The second kappa shape index (κ2) is 11.8. The Morgan fingerprint density at radius 3 is 2.62 bits per heavy atom. The molecule has 7 nitrogen and oxygen atoms in total. The minimum atomic E-state index is -0.392. The molecule has 186 valence electrons. The smallest absolute Gasteiger partial charge is 0.338 e. The van der Waals surface area contributed by atoms with Crippen molar-refractivity contribution >= 4 is 52.2 Å². The molecule has 1 aliphatic rings. The second-order valence-corrected chi connectivity index (χ2v) is 9.30. The standard InChI is InChI=1S/C28H22ClN3O4S/c1-3-35-27(34)19-9-11-22(12-10-19)31-28-32(2)26(33)25(37-28)15-18-8-13-24(23(29)14-18)36-17-21-7-5-4-6-20(21)16-30/h4-15H,3,17H2,1-2H3. The van der Waals surface area contributed by atoms with Gasteiger partial charge in [-0.05, 0) is 72.8 Å². The summed E-state index contributed by atoms with van der Waals surface area (Å²) in [7, 11) is 1.66. The summed E-state index contributed by atoms with van der Waals surface area (Å²) < 4.78 is 10.8. The number of rotatable bonds is 7. The molecule has 0 spiro atoms. The van der Waals surface area contributed by atoms with E-state index in [0.717, 1.165) is 11.1 Å². The van der Waals surface area contributed by atoms with Crippen LogP contribution in [0.2, 0.25) is 5.02 Å². The predicted octanol–water partition coefficient (Wildman–Crippen LogP) is 6.20. The molecule has 0 aromatic heterocycles. The van der Waals surface area contributed by atoms with E-state index < -0.39 is 5.97 Å². The molecule has 3 aromatic carbocycles. The monoisotopic (exact) mass is 531 g/mol. The molecule has 0 saturated carbocycles. The fraction of sp³-hybridized carbons (Fsp3) is 0.143. The summed E-state index contributed by atoms with van der Waals surface area (Å²) in [6.45, 7) is 2.27. The minimum absolute atomic E-state index is 0.184. The Hall–Kier alpha value is -4.06. The van der Waals surface area contributed by atoms with Crippen LogP contribution < -0.4 is 4.74 Å². The van der Waals surface area contributed by atoms with Gasteiger partial charge in [-0.15, -0.1) is 0 Å². The highest BCUT2D eigenvalue weighted by molar-refractivity contribution is 8.18. The molecule has 1 fully saturated rings. The zero-order valence-corrected chi connectivity index (χ0v) is 21.7. The maximum atomic E-state index is 12.8. The van der Waals surface area contributed by atoms with Crippen LogP contribution in [0.25, 0.3) is 6.08 Å². The molecule has 37 heavy (non-hydrogen) atoms. The van der Waals surface area contributed by atoms with Crippen LogP contribution in [0.3, 0.4) is 0 Å². The molecule has 1 amide bonds. The molecule has 9 heteroatoms. The van der Waals surface area contributed by atoms with Gasteiger partial charge in [0, 0.05) is 12.6 Å². The van der Waals surface area contributed by atoms with Crippen molar-refractivity contribution in [3.8, 4) is 11.8 Å². The third-order valence-electron chi connectivity index (χ3n) is 5.38.